The molecule has 4 rings (SSSR count). The van der Waals surface area contributed by atoms with Crippen molar-refractivity contribution < 1.29 is 13.0 Å². The molecule has 0 aromatic carbocycles. The Morgan fingerprint density at radius 1 is 1.11 bits per heavy atom. The van der Waals surface area contributed by atoms with Crippen molar-refractivity contribution in [2.75, 3.05) is 18.8 Å². The second kappa shape index (κ2) is 5.20. The lowest BCUT2D eigenvalue weighted by molar-refractivity contribution is -0.0509. The molecule has 0 heterocycles. The van der Waals surface area contributed by atoms with E-state index >= 15 is 0 Å². The van der Waals surface area contributed by atoms with E-state index < -0.39 is 9.15 Å². The summed E-state index contributed by atoms with van der Waals surface area (Å²) in [5.41, 5.74) is 0.498. The van der Waals surface area contributed by atoms with Crippen molar-refractivity contribution in [2.45, 2.75) is 38.5 Å². The molecule has 4 aliphatic rings. The van der Waals surface area contributed by atoms with Crippen LogP contribution in [0.5, 0.6) is 0 Å². The Kier molecular flexibility index (Phi) is 3.88. The van der Waals surface area contributed by atoms with Crippen LogP contribution in [0.2, 0.25) is 0 Å². The minimum atomic E-state index is -3.87. The van der Waals surface area contributed by atoms with Crippen LogP contribution in [0.15, 0.2) is 0 Å². The molecular weight excluding hydrogens is 282 g/mol. The van der Waals surface area contributed by atoms with Crippen LogP contribution >= 0.6 is 10.8 Å². The fourth-order valence-electron chi connectivity index (χ4n) is 5.08. The third-order valence-corrected chi connectivity index (χ3v) is 7.24. The average molecular weight is 305 g/mol. The second-order valence-corrected chi connectivity index (χ2v) is 10.3. The van der Waals surface area contributed by atoms with Crippen LogP contribution in [0.3, 0.4) is 0 Å². The molecule has 0 aromatic heterocycles. The normalized spacial score (nSPS) is 40.8. The predicted octanol–water partition coefficient (Wildman–Crippen LogP) is 2.33. The van der Waals surface area contributed by atoms with Crippen molar-refractivity contribution in [1.29, 1.82) is 0 Å². The lowest BCUT2D eigenvalue weighted by Gasteiger charge is -2.57. The Labute approximate surface area is 119 Å². The molecule has 0 spiro atoms. The molecule has 0 unspecified atom stereocenters. The Morgan fingerprint density at radius 3 is 2.11 bits per heavy atom. The van der Waals surface area contributed by atoms with Gasteiger partial charge in [0.05, 0.1) is 0 Å². The average Bonchev–Trinajstić information content (AvgIpc) is 2.24. The zero-order valence-corrected chi connectivity index (χ0v) is 12.8. The first-order chi connectivity index (χ1) is 8.94. The van der Waals surface area contributed by atoms with E-state index in [-0.39, 0.29) is 0 Å². The summed E-state index contributed by atoms with van der Waals surface area (Å²) in [7, 11) is -3.26. The van der Waals surface area contributed by atoms with Crippen LogP contribution in [0.25, 0.3) is 0 Å². The van der Waals surface area contributed by atoms with E-state index in [0.29, 0.717) is 28.5 Å². The van der Waals surface area contributed by atoms with Gasteiger partial charge in [0.25, 0.3) is 0 Å². The summed E-state index contributed by atoms with van der Waals surface area (Å²) in [5.74, 6) is 3.30. The van der Waals surface area contributed by atoms with Crippen LogP contribution in [0, 0.1) is 23.2 Å². The number of hydrogen-bond acceptors (Lipinski definition) is 4. The van der Waals surface area contributed by atoms with Crippen molar-refractivity contribution in [3.05, 3.63) is 0 Å². The standard InChI is InChI=1S/C13H23NO3S2/c15-19(16,17)18-2-1-14-9-13-6-10-3-11(7-13)5-12(4-10)8-13/h10-12,14H,1-9H2,(H,15,16,17). The summed E-state index contributed by atoms with van der Waals surface area (Å²) in [6.07, 6.45) is 8.49. The van der Waals surface area contributed by atoms with Gasteiger partial charge < -0.3 is 5.32 Å². The van der Waals surface area contributed by atoms with Crippen LogP contribution < -0.4 is 5.32 Å². The predicted molar refractivity (Wildman–Crippen MR) is 77.5 cm³/mol. The van der Waals surface area contributed by atoms with E-state index in [9.17, 15) is 8.42 Å². The zero-order valence-electron chi connectivity index (χ0n) is 11.2. The van der Waals surface area contributed by atoms with E-state index in [1.165, 1.54) is 38.5 Å². The van der Waals surface area contributed by atoms with Gasteiger partial charge in [-0.05, 0) is 72.5 Å². The maximum Gasteiger partial charge on any atom is 0.319 e. The van der Waals surface area contributed by atoms with E-state index in [1.54, 1.807) is 0 Å². The first kappa shape index (κ1) is 14.2. The van der Waals surface area contributed by atoms with Gasteiger partial charge >= 0.3 is 9.15 Å². The summed E-state index contributed by atoms with van der Waals surface area (Å²) >= 11 is 0. The van der Waals surface area contributed by atoms with Crippen molar-refractivity contribution in [3.63, 3.8) is 0 Å². The highest BCUT2D eigenvalue weighted by Gasteiger charge is 2.50. The molecule has 4 bridgehead atoms. The Bertz CT molecular complexity index is 400. The van der Waals surface area contributed by atoms with Crippen LogP contribution in [0.1, 0.15) is 38.5 Å². The highest BCUT2D eigenvalue weighted by molar-refractivity contribution is 8.69. The highest BCUT2D eigenvalue weighted by Crippen LogP contribution is 2.59. The molecule has 4 fully saturated rings. The quantitative estimate of drug-likeness (QED) is 0.448. The molecule has 4 nitrogen and oxygen atoms in total. The molecule has 0 saturated heterocycles. The molecule has 110 valence electrons. The highest BCUT2D eigenvalue weighted by atomic mass is 33.1. The van der Waals surface area contributed by atoms with Gasteiger partial charge in [-0.2, -0.15) is 8.42 Å². The lowest BCUT2D eigenvalue weighted by Crippen LogP contribution is -2.50. The summed E-state index contributed by atoms with van der Waals surface area (Å²) in [6.45, 7) is 1.69. The monoisotopic (exact) mass is 305 g/mol. The fourth-order valence-corrected chi connectivity index (χ4v) is 6.40. The van der Waals surface area contributed by atoms with Gasteiger partial charge in [-0.25, -0.2) is 0 Å². The minimum Gasteiger partial charge on any atom is -0.315 e. The van der Waals surface area contributed by atoms with Crippen LogP contribution in [-0.2, 0) is 9.15 Å². The van der Waals surface area contributed by atoms with Gasteiger partial charge in [-0.15, -0.1) is 0 Å². The van der Waals surface area contributed by atoms with Crippen molar-refractivity contribution in [2.24, 2.45) is 23.2 Å². The number of hydrogen-bond donors (Lipinski definition) is 2. The Hall–Kier alpha value is 0.220. The number of nitrogens with one attached hydrogen (secondary N) is 1. The van der Waals surface area contributed by atoms with E-state index in [4.69, 9.17) is 4.55 Å². The molecule has 0 atom stereocenters. The van der Waals surface area contributed by atoms with E-state index in [0.717, 1.165) is 24.3 Å². The number of rotatable bonds is 6. The molecule has 0 radical (unpaired) electrons. The first-order valence-electron chi connectivity index (χ1n) is 7.27. The summed E-state index contributed by atoms with van der Waals surface area (Å²) < 4.78 is 29.9. The summed E-state index contributed by atoms with van der Waals surface area (Å²) in [4.78, 5) is 0. The zero-order chi connectivity index (χ0) is 13.5. The smallest absolute Gasteiger partial charge is 0.315 e. The molecule has 4 aliphatic carbocycles. The van der Waals surface area contributed by atoms with Crippen LogP contribution in [0.4, 0.5) is 0 Å². The molecule has 0 amide bonds. The van der Waals surface area contributed by atoms with Gasteiger partial charge in [0.2, 0.25) is 0 Å². The molecule has 19 heavy (non-hydrogen) atoms. The third-order valence-electron chi connectivity index (χ3n) is 5.18. The Balaban J connectivity index is 1.45. The SMILES string of the molecule is O=S(=O)(O)SCCNCC12CC3CC(CC(C3)C1)C2. The molecule has 0 aromatic rings. The largest absolute Gasteiger partial charge is 0.319 e. The van der Waals surface area contributed by atoms with Gasteiger partial charge in [-0.3, -0.25) is 4.55 Å². The maximum absolute atomic E-state index is 10.6. The second-order valence-electron chi connectivity index (χ2n) is 6.84. The van der Waals surface area contributed by atoms with E-state index in [1.807, 2.05) is 0 Å². The van der Waals surface area contributed by atoms with E-state index in [2.05, 4.69) is 5.32 Å². The topological polar surface area (TPSA) is 66.4 Å². The summed E-state index contributed by atoms with van der Waals surface area (Å²) in [5, 5.41) is 3.42. The van der Waals surface area contributed by atoms with Crippen LogP contribution in [-0.4, -0.2) is 31.8 Å². The molecule has 0 aliphatic heterocycles. The van der Waals surface area contributed by atoms with Crippen molar-refractivity contribution in [3.8, 4) is 0 Å². The molecular formula is C13H23NO3S2. The van der Waals surface area contributed by atoms with Gasteiger partial charge in [0.1, 0.15) is 0 Å². The minimum absolute atomic E-state index is 0.422. The van der Waals surface area contributed by atoms with Gasteiger partial charge in [-0.1, -0.05) is 0 Å². The first-order valence-corrected chi connectivity index (χ1v) is 10.2. The van der Waals surface area contributed by atoms with Gasteiger partial charge in [0.15, 0.2) is 0 Å². The Morgan fingerprint density at radius 2 is 1.63 bits per heavy atom. The maximum atomic E-state index is 10.6. The lowest BCUT2D eigenvalue weighted by atomic mass is 9.49. The molecule has 4 saturated carbocycles. The van der Waals surface area contributed by atoms with Crippen molar-refractivity contribution >= 4 is 19.9 Å². The van der Waals surface area contributed by atoms with Gasteiger partial charge in [0, 0.05) is 18.8 Å². The molecule has 6 heteroatoms. The fraction of sp³-hybridized carbons (Fsp3) is 1.00. The summed E-state index contributed by atoms with van der Waals surface area (Å²) in [6, 6.07) is 0. The van der Waals surface area contributed by atoms with Crippen molar-refractivity contribution in [1.82, 2.24) is 5.32 Å². The molecule has 2 N–H and O–H groups in total. The third kappa shape index (κ3) is 3.46.